The largest absolute Gasteiger partial charge is 0.390 e. The monoisotopic (exact) mass is 630 g/mol. The van der Waals surface area contributed by atoms with Crippen LogP contribution in [0.25, 0.3) is 0 Å². The Kier molecular flexibility index (Phi) is 10.9. The summed E-state index contributed by atoms with van der Waals surface area (Å²) >= 11 is 3.49. The van der Waals surface area contributed by atoms with Crippen LogP contribution >= 0.6 is 26.7 Å². The summed E-state index contributed by atoms with van der Waals surface area (Å²) in [6.07, 6.45) is 1.22. The molecule has 0 spiro atoms. The molecule has 3 aromatic rings. The summed E-state index contributed by atoms with van der Waals surface area (Å²) in [7, 11) is -2.94. The lowest BCUT2D eigenvalue weighted by atomic mass is 10.00. The molecule has 8 nitrogen and oxygen atoms in total. The fraction of sp³-hybridized carbons (Fsp3) is 0.367. The molecule has 1 heterocycles. The van der Waals surface area contributed by atoms with Gasteiger partial charge in [0, 0.05) is 41.9 Å². The quantitative estimate of drug-likeness (QED) is 0.153. The molecule has 10 heteroatoms. The Hall–Kier alpha value is -2.60. The standard InChI is InChI=1S/C30H39BrN4O4S/c1-2-33-26-17-24(18-27(19-26)35-13-6-7-14-40(35,38)39)30(37)34-28(16-22-9-4-3-5-10-22)29(36)21-32-20-23-11-8-12-25(31)15-23/h3-5,8-12,15,17-19,28-29,32-33,36,38-39H,2,6-7,13-14,16,20-21H2,1H3,(H,34,37)/t28-,29+/m0/s1. The average molecular weight is 632 g/mol. The zero-order chi connectivity index (χ0) is 28.5. The van der Waals surface area contributed by atoms with Gasteiger partial charge in [0.15, 0.2) is 0 Å². The molecule has 0 aromatic heterocycles. The number of anilines is 2. The Morgan fingerprint density at radius 1 is 1.02 bits per heavy atom. The highest BCUT2D eigenvalue weighted by atomic mass is 79.9. The Morgan fingerprint density at radius 2 is 1.80 bits per heavy atom. The van der Waals surface area contributed by atoms with Gasteiger partial charge < -0.3 is 21.1 Å². The lowest BCUT2D eigenvalue weighted by molar-refractivity contribution is 0.0830. The molecule has 0 unspecified atom stereocenters. The van der Waals surface area contributed by atoms with Crippen molar-refractivity contribution in [2.75, 3.05) is 35.0 Å². The molecular weight excluding hydrogens is 592 g/mol. The molecule has 1 aliphatic rings. The average Bonchev–Trinajstić information content (AvgIpc) is 2.93. The molecule has 2 atom stereocenters. The van der Waals surface area contributed by atoms with E-state index in [-0.39, 0.29) is 5.91 Å². The van der Waals surface area contributed by atoms with Gasteiger partial charge in [-0.15, -0.1) is 10.8 Å². The molecule has 6 N–H and O–H groups in total. The highest BCUT2D eigenvalue weighted by Gasteiger charge is 2.28. The van der Waals surface area contributed by atoms with Crippen molar-refractivity contribution in [3.63, 3.8) is 0 Å². The van der Waals surface area contributed by atoms with Crippen LogP contribution in [0.1, 0.15) is 41.3 Å². The number of aliphatic hydroxyl groups is 1. The number of benzene rings is 3. The van der Waals surface area contributed by atoms with Crippen molar-refractivity contribution in [1.29, 1.82) is 0 Å². The van der Waals surface area contributed by atoms with Gasteiger partial charge in [0.25, 0.3) is 5.91 Å². The number of carbonyl (C=O) groups excluding carboxylic acids is 1. The minimum atomic E-state index is -2.94. The number of nitrogens with zero attached hydrogens (tertiary/aromatic N) is 1. The summed E-state index contributed by atoms with van der Waals surface area (Å²) < 4.78 is 24.0. The van der Waals surface area contributed by atoms with Crippen molar-refractivity contribution in [1.82, 2.24) is 10.6 Å². The highest BCUT2D eigenvalue weighted by Crippen LogP contribution is 2.50. The Morgan fingerprint density at radius 3 is 2.52 bits per heavy atom. The smallest absolute Gasteiger partial charge is 0.251 e. The van der Waals surface area contributed by atoms with E-state index in [4.69, 9.17) is 0 Å². The van der Waals surface area contributed by atoms with Gasteiger partial charge in [-0.2, -0.15) is 0 Å². The number of aliphatic hydroxyl groups excluding tert-OH is 1. The van der Waals surface area contributed by atoms with E-state index in [0.717, 1.165) is 34.1 Å². The maximum absolute atomic E-state index is 13.6. The number of rotatable bonds is 12. The highest BCUT2D eigenvalue weighted by molar-refractivity contribution is 9.10. The number of carbonyl (C=O) groups is 1. The van der Waals surface area contributed by atoms with E-state index in [1.54, 1.807) is 16.4 Å². The number of hydrogen-bond acceptors (Lipinski definition) is 7. The van der Waals surface area contributed by atoms with E-state index < -0.39 is 22.9 Å². The zero-order valence-electron chi connectivity index (χ0n) is 22.7. The predicted octanol–water partition coefficient (Wildman–Crippen LogP) is 5.64. The van der Waals surface area contributed by atoms with Crippen molar-refractivity contribution in [3.05, 3.63) is 94.0 Å². The first-order valence-electron chi connectivity index (χ1n) is 13.7. The van der Waals surface area contributed by atoms with Gasteiger partial charge in [-0.3, -0.25) is 18.2 Å². The van der Waals surface area contributed by atoms with Gasteiger partial charge in [0.1, 0.15) is 0 Å². The molecule has 4 rings (SSSR count). The molecule has 0 saturated carbocycles. The molecule has 216 valence electrons. The fourth-order valence-electron chi connectivity index (χ4n) is 4.85. The van der Waals surface area contributed by atoms with Crippen LogP contribution in [0.2, 0.25) is 0 Å². The second kappa shape index (κ2) is 14.3. The summed E-state index contributed by atoms with van der Waals surface area (Å²) in [5.74, 6) is -0.0143. The molecule has 3 aromatic carbocycles. The molecule has 0 bridgehead atoms. The SMILES string of the molecule is CCNc1cc(C(=O)N[C@@H](Cc2ccccc2)[C@H](O)CNCc2cccc(Br)c2)cc(N2CCCCS2(O)O)c1. The van der Waals surface area contributed by atoms with Crippen LogP contribution in [0.5, 0.6) is 0 Å². The van der Waals surface area contributed by atoms with Crippen LogP contribution in [0.4, 0.5) is 11.4 Å². The first-order chi connectivity index (χ1) is 19.2. The lowest BCUT2D eigenvalue weighted by Gasteiger charge is -2.47. The number of hydrogen-bond donors (Lipinski definition) is 6. The van der Waals surface area contributed by atoms with Gasteiger partial charge in [-0.05, 0) is 67.6 Å². The number of halogens is 1. The van der Waals surface area contributed by atoms with Crippen LogP contribution in [0, 0.1) is 0 Å². The molecule has 0 radical (unpaired) electrons. The van der Waals surface area contributed by atoms with E-state index in [1.165, 1.54) is 0 Å². The summed E-state index contributed by atoms with van der Waals surface area (Å²) in [4.78, 5) is 13.6. The van der Waals surface area contributed by atoms with Crippen molar-refractivity contribution in [2.45, 2.75) is 44.9 Å². The fourth-order valence-corrected chi connectivity index (χ4v) is 6.98. The first kappa shape index (κ1) is 30.4. The van der Waals surface area contributed by atoms with E-state index >= 15 is 0 Å². The maximum atomic E-state index is 13.6. The molecule has 1 saturated heterocycles. The van der Waals surface area contributed by atoms with Crippen LogP contribution in [0.15, 0.2) is 77.3 Å². The van der Waals surface area contributed by atoms with E-state index in [1.807, 2.05) is 67.6 Å². The summed E-state index contributed by atoms with van der Waals surface area (Å²) in [6.45, 7) is 4.01. The third-order valence-electron chi connectivity index (χ3n) is 6.88. The van der Waals surface area contributed by atoms with Crippen LogP contribution < -0.4 is 20.3 Å². The van der Waals surface area contributed by atoms with Gasteiger partial charge in [-0.1, -0.05) is 58.4 Å². The molecular formula is C30H39BrN4O4S. The maximum Gasteiger partial charge on any atom is 0.251 e. The van der Waals surface area contributed by atoms with Gasteiger partial charge in [0.2, 0.25) is 0 Å². The third-order valence-corrected chi connectivity index (χ3v) is 9.31. The molecule has 1 amide bonds. The lowest BCUT2D eigenvalue weighted by Crippen LogP contribution is -2.48. The molecule has 40 heavy (non-hydrogen) atoms. The molecule has 1 aliphatic heterocycles. The molecule has 0 aliphatic carbocycles. The number of nitrogens with one attached hydrogen (secondary N) is 3. The van der Waals surface area contributed by atoms with Crippen molar-refractivity contribution in [3.8, 4) is 0 Å². The van der Waals surface area contributed by atoms with Crippen molar-refractivity contribution < 1.29 is 19.0 Å². The van der Waals surface area contributed by atoms with Crippen molar-refractivity contribution >= 4 is 44.0 Å². The molecule has 1 fully saturated rings. The summed E-state index contributed by atoms with van der Waals surface area (Å²) in [6, 6.07) is 22.5. The van der Waals surface area contributed by atoms with E-state index in [2.05, 4.69) is 31.9 Å². The Labute approximate surface area is 246 Å². The normalized spacial score (nSPS) is 17.1. The third kappa shape index (κ3) is 8.45. The van der Waals surface area contributed by atoms with Crippen LogP contribution in [-0.2, 0) is 13.0 Å². The minimum absolute atomic E-state index is 0.293. The summed E-state index contributed by atoms with van der Waals surface area (Å²) in [5, 5.41) is 20.8. The topological polar surface area (TPSA) is 117 Å². The van der Waals surface area contributed by atoms with E-state index in [9.17, 15) is 19.0 Å². The van der Waals surface area contributed by atoms with E-state index in [0.29, 0.717) is 49.6 Å². The van der Waals surface area contributed by atoms with Gasteiger partial charge in [0.05, 0.1) is 23.6 Å². The van der Waals surface area contributed by atoms with Crippen LogP contribution in [-0.4, -0.2) is 57.7 Å². The Balaban J connectivity index is 1.53. The van der Waals surface area contributed by atoms with Gasteiger partial charge >= 0.3 is 0 Å². The first-order valence-corrected chi connectivity index (χ1v) is 16.1. The van der Waals surface area contributed by atoms with Gasteiger partial charge in [-0.25, -0.2) is 0 Å². The predicted molar refractivity (Wildman–Crippen MR) is 168 cm³/mol. The minimum Gasteiger partial charge on any atom is -0.390 e. The second-order valence-corrected chi connectivity index (χ2v) is 13.1. The second-order valence-electron chi connectivity index (χ2n) is 10.0. The number of amides is 1. The zero-order valence-corrected chi connectivity index (χ0v) is 25.1. The van der Waals surface area contributed by atoms with Crippen LogP contribution in [0.3, 0.4) is 0 Å². The van der Waals surface area contributed by atoms with Crippen molar-refractivity contribution in [2.24, 2.45) is 0 Å². The summed E-state index contributed by atoms with van der Waals surface area (Å²) in [5.41, 5.74) is 3.80. The Bertz CT molecular complexity index is 1260.